The van der Waals surface area contributed by atoms with Gasteiger partial charge < -0.3 is 37.5 Å². The van der Waals surface area contributed by atoms with Crippen LogP contribution in [0.4, 0.5) is 0 Å². The molecule has 4 unspecified atom stereocenters. The van der Waals surface area contributed by atoms with E-state index in [0.29, 0.717) is 19.4 Å². The summed E-state index contributed by atoms with van der Waals surface area (Å²) in [5, 5.41) is 18.1. The Hall–Kier alpha value is -4.22. The number of H-pyrrole nitrogens is 1. The summed E-state index contributed by atoms with van der Waals surface area (Å²) in [5.41, 5.74) is 14.1. The van der Waals surface area contributed by atoms with Gasteiger partial charge in [-0.15, -0.1) is 0 Å². The van der Waals surface area contributed by atoms with Gasteiger partial charge in [0.2, 0.25) is 17.7 Å². The molecule has 0 radical (unpaired) electrons. The predicted molar refractivity (Wildman–Crippen MR) is 152 cm³/mol. The Bertz CT molecular complexity index is 1290. The summed E-state index contributed by atoms with van der Waals surface area (Å²) in [6, 6.07) is 12.5. The first-order valence-corrected chi connectivity index (χ1v) is 13.4. The summed E-state index contributed by atoms with van der Waals surface area (Å²) in [7, 11) is 0. The molecule has 3 rings (SSSR count). The summed E-state index contributed by atoms with van der Waals surface area (Å²) in [4.78, 5) is 54.2. The molecule has 11 nitrogen and oxygen atoms in total. The molecule has 9 N–H and O–H groups in total. The second kappa shape index (κ2) is 14.8. The average Bonchev–Trinajstić information content (AvgIpc) is 3.35. The molecule has 0 aliphatic carbocycles. The lowest BCUT2D eigenvalue weighted by molar-refractivity contribution is -0.141. The Morgan fingerprint density at radius 3 is 2.17 bits per heavy atom. The fourth-order valence-corrected chi connectivity index (χ4v) is 4.36. The maximum absolute atomic E-state index is 13.7. The van der Waals surface area contributed by atoms with Gasteiger partial charge >= 0.3 is 5.97 Å². The maximum Gasteiger partial charge on any atom is 0.325 e. The molecule has 214 valence electrons. The number of nitrogens with one attached hydrogen (secondary N) is 4. The Labute approximate surface area is 233 Å². The number of carboxylic acids is 1. The normalized spacial score (nSPS) is 14.1. The van der Waals surface area contributed by atoms with Gasteiger partial charge in [0.15, 0.2) is 0 Å². The first-order chi connectivity index (χ1) is 19.2. The number of aromatic nitrogens is 1. The quantitative estimate of drug-likeness (QED) is 0.137. The van der Waals surface area contributed by atoms with Gasteiger partial charge in [0.05, 0.1) is 6.04 Å². The van der Waals surface area contributed by atoms with Crippen molar-refractivity contribution in [3.8, 4) is 0 Å². The Kier molecular flexibility index (Phi) is 11.2. The van der Waals surface area contributed by atoms with Crippen LogP contribution in [0.15, 0.2) is 60.8 Å². The highest BCUT2D eigenvalue weighted by Gasteiger charge is 2.30. The molecule has 0 fully saturated rings. The molecule has 2 aromatic carbocycles. The van der Waals surface area contributed by atoms with Crippen LogP contribution in [0.2, 0.25) is 0 Å². The van der Waals surface area contributed by atoms with Gasteiger partial charge in [-0.25, -0.2) is 0 Å². The van der Waals surface area contributed by atoms with Crippen LogP contribution in [-0.4, -0.2) is 64.5 Å². The van der Waals surface area contributed by atoms with E-state index in [1.807, 2.05) is 30.3 Å². The second-order valence-corrected chi connectivity index (χ2v) is 9.84. The molecule has 3 aromatic rings. The fourth-order valence-electron chi connectivity index (χ4n) is 4.36. The Morgan fingerprint density at radius 2 is 1.48 bits per heavy atom. The van der Waals surface area contributed by atoms with E-state index >= 15 is 0 Å². The number of carbonyl (C=O) groups excluding carboxylic acids is 3. The number of benzene rings is 2. The van der Waals surface area contributed by atoms with Crippen LogP contribution in [0.25, 0.3) is 10.9 Å². The zero-order valence-corrected chi connectivity index (χ0v) is 22.6. The Balaban J connectivity index is 1.84. The molecule has 1 heterocycles. The summed E-state index contributed by atoms with van der Waals surface area (Å²) in [5.74, 6) is -2.93. The fraction of sp³-hybridized carbons (Fsp3) is 0.379. The van der Waals surface area contributed by atoms with E-state index in [2.05, 4.69) is 20.9 Å². The van der Waals surface area contributed by atoms with Gasteiger partial charge in [-0.1, -0.05) is 55.0 Å². The molecule has 0 saturated carbocycles. The molecular weight excluding hydrogens is 512 g/mol. The summed E-state index contributed by atoms with van der Waals surface area (Å²) in [6.07, 6.45) is 3.85. The third-order valence-corrected chi connectivity index (χ3v) is 6.68. The van der Waals surface area contributed by atoms with E-state index in [1.54, 1.807) is 30.5 Å². The van der Waals surface area contributed by atoms with E-state index in [0.717, 1.165) is 28.5 Å². The van der Waals surface area contributed by atoms with Crippen LogP contribution in [0.1, 0.15) is 37.3 Å². The van der Waals surface area contributed by atoms with Crippen molar-refractivity contribution in [2.24, 2.45) is 11.5 Å². The molecule has 3 amide bonds. The van der Waals surface area contributed by atoms with E-state index in [9.17, 15) is 24.3 Å². The van der Waals surface area contributed by atoms with E-state index in [4.69, 9.17) is 11.5 Å². The second-order valence-electron chi connectivity index (χ2n) is 9.84. The van der Waals surface area contributed by atoms with Gasteiger partial charge in [-0.05, 0) is 43.5 Å². The van der Waals surface area contributed by atoms with Gasteiger partial charge in [0.1, 0.15) is 18.1 Å². The number of hydrogen-bond acceptors (Lipinski definition) is 6. The third kappa shape index (κ3) is 8.65. The summed E-state index contributed by atoms with van der Waals surface area (Å²) in [6.45, 7) is 1.83. The number of amides is 3. The first-order valence-electron chi connectivity index (χ1n) is 13.4. The number of carbonyl (C=O) groups is 4. The highest BCUT2D eigenvalue weighted by molar-refractivity contribution is 5.95. The van der Waals surface area contributed by atoms with Crippen LogP contribution < -0.4 is 27.4 Å². The highest BCUT2D eigenvalue weighted by Crippen LogP contribution is 2.19. The van der Waals surface area contributed by atoms with Crippen LogP contribution in [-0.2, 0) is 32.0 Å². The van der Waals surface area contributed by atoms with Crippen LogP contribution in [0.3, 0.4) is 0 Å². The van der Waals surface area contributed by atoms with Crippen molar-refractivity contribution in [3.63, 3.8) is 0 Å². The number of carboxylic acid groups (broad SMARTS) is 1. The number of hydrogen-bond donors (Lipinski definition) is 7. The van der Waals surface area contributed by atoms with Crippen LogP contribution in [0, 0.1) is 0 Å². The van der Waals surface area contributed by atoms with Crippen molar-refractivity contribution >= 4 is 34.6 Å². The molecule has 0 aliphatic heterocycles. The van der Waals surface area contributed by atoms with E-state index in [-0.39, 0.29) is 12.8 Å². The minimum Gasteiger partial charge on any atom is -0.480 e. The molecule has 1 aromatic heterocycles. The molecule has 0 spiro atoms. The van der Waals surface area contributed by atoms with Crippen molar-refractivity contribution < 1.29 is 24.3 Å². The van der Waals surface area contributed by atoms with Gasteiger partial charge in [-0.2, -0.15) is 0 Å². The number of rotatable bonds is 15. The Morgan fingerprint density at radius 1 is 0.850 bits per heavy atom. The number of para-hydroxylation sites is 1. The standard InChI is InChI=1S/C29H38N6O5/c1-18(29(39)40)33-27(37)24(15-19-9-3-2-4-10-19)35-28(38)25(34-26(36)22(31)12-7-8-14-30)16-20-17-32-23-13-6-5-11-21(20)23/h2-6,9-11,13,17-18,22,24-25,32H,7-8,12,14-16,30-31H2,1H3,(H,33,37)(H,34,36)(H,35,38)(H,39,40). The zero-order valence-electron chi connectivity index (χ0n) is 22.6. The van der Waals surface area contributed by atoms with Crippen LogP contribution in [0.5, 0.6) is 0 Å². The topological polar surface area (TPSA) is 192 Å². The molecule has 4 atom stereocenters. The molecule has 0 aliphatic rings. The minimum atomic E-state index is -1.20. The number of aliphatic carboxylic acids is 1. The number of fused-ring (bicyclic) bond motifs is 1. The monoisotopic (exact) mass is 550 g/mol. The maximum atomic E-state index is 13.7. The van der Waals surface area contributed by atoms with Crippen molar-refractivity contribution in [1.82, 2.24) is 20.9 Å². The molecular formula is C29H38N6O5. The molecule has 11 heteroatoms. The summed E-state index contributed by atoms with van der Waals surface area (Å²) >= 11 is 0. The lowest BCUT2D eigenvalue weighted by atomic mass is 10.0. The SMILES string of the molecule is CC(NC(=O)C(Cc1ccccc1)NC(=O)C(Cc1c[nH]c2ccccc12)NC(=O)C(N)CCCCN)C(=O)O. The minimum absolute atomic E-state index is 0.122. The number of unbranched alkanes of at least 4 members (excludes halogenated alkanes) is 1. The van der Waals surface area contributed by atoms with Gasteiger partial charge in [0, 0.05) is 29.9 Å². The van der Waals surface area contributed by atoms with Crippen molar-refractivity contribution in [3.05, 3.63) is 71.9 Å². The van der Waals surface area contributed by atoms with Crippen molar-refractivity contribution in [1.29, 1.82) is 0 Å². The zero-order chi connectivity index (χ0) is 29.1. The smallest absolute Gasteiger partial charge is 0.325 e. The highest BCUT2D eigenvalue weighted by atomic mass is 16.4. The van der Waals surface area contributed by atoms with Gasteiger partial charge in [0.25, 0.3) is 0 Å². The van der Waals surface area contributed by atoms with E-state index in [1.165, 1.54) is 6.92 Å². The third-order valence-electron chi connectivity index (χ3n) is 6.68. The predicted octanol–water partition coefficient (Wildman–Crippen LogP) is 0.968. The lowest BCUT2D eigenvalue weighted by Crippen LogP contribution is -2.57. The lowest BCUT2D eigenvalue weighted by Gasteiger charge is -2.25. The number of aromatic amines is 1. The molecule has 0 bridgehead atoms. The molecule has 0 saturated heterocycles. The van der Waals surface area contributed by atoms with Crippen molar-refractivity contribution in [2.45, 2.75) is 63.2 Å². The number of nitrogens with two attached hydrogens (primary N) is 2. The van der Waals surface area contributed by atoms with Crippen LogP contribution >= 0.6 is 0 Å². The van der Waals surface area contributed by atoms with E-state index < -0.39 is 47.9 Å². The first kappa shape index (κ1) is 30.3. The summed E-state index contributed by atoms with van der Waals surface area (Å²) < 4.78 is 0. The van der Waals surface area contributed by atoms with Gasteiger partial charge in [-0.3, -0.25) is 19.2 Å². The average molecular weight is 551 g/mol. The largest absolute Gasteiger partial charge is 0.480 e. The molecule has 40 heavy (non-hydrogen) atoms. The van der Waals surface area contributed by atoms with Crippen molar-refractivity contribution in [2.75, 3.05) is 6.54 Å².